The lowest BCUT2D eigenvalue weighted by Crippen LogP contribution is -2.17. The summed E-state index contributed by atoms with van der Waals surface area (Å²) < 4.78 is 0. The molecule has 3 atom stereocenters. The fourth-order valence-electron chi connectivity index (χ4n) is 2.37. The molecule has 0 aliphatic heterocycles. The summed E-state index contributed by atoms with van der Waals surface area (Å²) in [5.41, 5.74) is 0.430. The van der Waals surface area contributed by atoms with E-state index in [-0.39, 0.29) is 0 Å². The standard InChI is InChI=1S/C10H14/c1-3-10(2)7-8-4-5-9(10)6-8/h3-5,8-9H,1,6-7H2,2H3/t8-,9+,10-/m0/s1. The van der Waals surface area contributed by atoms with Gasteiger partial charge in [-0.3, -0.25) is 0 Å². The maximum atomic E-state index is 3.90. The molecule has 0 heteroatoms. The van der Waals surface area contributed by atoms with Crippen LogP contribution in [0.2, 0.25) is 0 Å². The molecule has 0 N–H and O–H groups in total. The number of rotatable bonds is 1. The quantitative estimate of drug-likeness (QED) is 0.484. The first kappa shape index (κ1) is 6.21. The molecular formula is C10H14. The van der Waals surface area contributed by atoms with Gasteiger partial charge >= 0.3 is 0 Å². The van der Waals surface area contributed by atoms with Crippen molar-refractivity contribution in [2.24, 2.45) is 17.3 Å². The molecule has 0 aromatic heterocycles. The summed E-state index contributed by atoms with van der Waals surface area (Å²) in [6.07, 6.45) is 9.59. The molecule has 0 spiro atoms. The molecule has 0 aromatic rings. The molecule has 0 saturated heterocycles. The van der Waals surface area contributed by atoms with E-state index in [4.69, 9.17) is 0 Å². The number of hydrogen-bond acceptors (Lipinski definition) is 0. The molecule has 0 heterocycles. The zero-order chi connectivity index (χ0) is 7.19. The Labute approximate surface area is 62.6 Å². The zero-order valence-corrected chi connectivity index (χ0v) is 6.51. The SMILES string of the molecule is C=C[C@@]1(C)C[C@H]2C=C[C@@H]1C2. The third-order valence-electron chi connectivity index (χ3n) is 3.19. The highest BCUT2D eigenvalue weighted by molar-refractivity contribution is 5.18. The maximum Gasteiger partial charge on any atom is -0.00807 e. The normalized spacial score (nSPS) is 50.1. The summed E-state index contributed by atoms with van der Waals surface area (Å²) >= 11 is 0. The Balaban J connectivity index is 2.30. The molecule has 0 aromatic carbocycles. The van der Waals surface area contributed by atoms with Gasteiger partial charge in [-0.1, -0.05) is 25.2 Å². The third-order valence-corrected chi connectivity index (χ3v) is 3.19. The number of fused-ring (bicyclic) bond motifs is 2. The van der Waals surface area contributed by atoms with Gasteiger partial charge in [0.25, 0.3) is 0 Å². The van der Waals surface area contributed by atoms with Gasteiger partial charge in [0.1, 0.15) is 0 Å². The van der Waals surface area contributed by atoms with Crippen molar-refractivity contribution in [1.29, 1.82) is 0 Å². The van der Waals surface area contributed by atoms with Gasteiger partial charge in [0.15, 0.2) is 0 Å². The predicted molar refractivity (Wildman–Crippen MR) is 43.7 cm³/mol. The van der Waals surface area contributed by atoms with E-state index in [2.05, 4.69) is 31.7 Å². The highest BCUT2D eigenvalue weighted by Gasteiger charge is 2.42. The average Bonchev–Trinajstić information content (AvgIpc) is 2.46. The summed E-state index contributed by atoms with van der Waals surface area (Å²) in [7, 11) is 0. The van der Waals surface area contributed by atoms with Crippen molar-refractivity contribution in [2.75, 3.05) is 0 Å². The van der Waals surface area contributed by atoms with Crippen LogP contribution in [0, 0.1) is 17.3 Å². The Bertz CT molecular complexity index is 190. The van der Waals surface area contributed by atoms with Crippen LogP contribution in [-0.2, 0) is 0 Å². The summed E-state index contributed by atoms with van der Waals surface area (Å²) in [6.45, 7) is 6.23. The molecule has 0 unspecified atom stereocenters. The van der Waals surface area contributed by atoms with Crippen LogP contribution in [0.3, 0.4) is 0 Å². The number of allylic oxidation sites excluding steroid dienone is 3. The molecule has 1 saturated carbocycles. The smallest absolute Gasteiger partial charge is 0.00807 e. The van der Waals surface area contributed by atoms with Gasteiger partial charge in [-0.2, -0.15) is 0 Å². The van der Waals surface area contributed by atoms with Crippen molar-refractivity contribution in [1.82, 2.24) is 0 Å². The third kappa shape index (κ3) is 0.622. The van der Waals surface area contributed by atoms with Crippen LogP contribution in [0.15, 0.2) is 24.8 Å². The highest BCUT2D eigenvalue weighted by atomic mass is 14.5. The van der Waals surface area contributed by atoms with Gasteiger partial charge in [0.05, 0.1) is 0 Å². The molecular weight excluding hydrogens is 120 g/mol. The highest BCUT2D eigenvalue weighted by Crippen LogP contribution is 2.52. The van der Waals surface area contributed by atoms with Crippen LogP contribution in [-0.4, -0.2) is 0 Å². The van der Waals surface area contributed by atoms with Gasteiger partial charge in [0, 0.05) is 0 Å². The molecule has 2 aliphatic rings. The van der Waals surface area contributed by atoms with Crippen molar-refractivity contribution < 1.29 is 0 Å². The van der Waals surface area contributed by atoms with Gasteiger partial charge < -0.3 is 0 Å². The second-order valence-electron chi connectivity index (χ2n) is 3.90. The Morgan fingerprint density at radius 1 is 1.60 bits per heavy atom. The molecule has 10 heavy (non-hydrogen) atoms. The monoisotopic (exact) mass is 134 g/mol. The van der Waals surface area contributed by atoms with Gasteiger partial charge in [-0.05, 0) is 30.1 Å². The Kier molecular flexibility index (Phi) is 1.08. The van der Waals surface area contributed by atoms with E-state index in [1.807, 2.05) is 0 Å². The first-order chi connectivity index (χ1) is 4.74. The van der Waals surface area contributed by atoms with E-state index in [1.54, 1.807) is 0 Å². The van der Waals surface area contributed by atoms with Gasteiger partial charge in [-0.25, -0.2) is 0 Å². The Hall–Kier alpha value is -0.520. The molecule has 0 nitrogen and oxygen atoms in total. The summed E-state index contributed by atoms with van der Waals surface area (Å²) in [5, 5.41) is 0. The van der Waals surface area contributed by atoms with E-state index in [9.17, 15) is 0 Å². The maximum absolute atomic E-state index is 3.90. The Morgan fingerprint density at radius 3 is 2.70 bits per heavy atom. The Morgan fingerprint density at radius 2 is 2.40 bits per heavy atom. The van der Waals surface area contributed by atoms with Crippen LogP contribution in [0.25, 0.3) is 0 Å². The molecule has 2 bridgehead atoms. The van der Waals surface area contributed by atoms with Crippen molar-refractivity contribution in [3.8, 4) is 0 Å². The summed E-state index contributed by atoms with van der Waals surface area (Å²) in [4.78, 5) is 0. The van der Waals surface area contributed by atoms with Crippen molar-refractivity contribution in [3.63, 3.8) is 0 Å². The molecule has 2 rings (SSSR count). The lowest BCUT2D eigenvalue weighted by molar-refractivity contribution is 0.354. The van der Waals surface area contributed by atoms with Crippen LogP contribution in [0.4, 0.5) is 0 Å². The molecule has 2 aliphatic carbocycles. The summed E-state index contributed by atoms with van der Waals surface area (Å²) in [5.74, 6) is 1.67. The first-order valence-electron chi connectivity index (χ1n) is 4.06. The van der Waals surface area contributed by atoms with Gasteiger partial charge in [-0.15, -0.1) is 6.58 Å². The minimum atomic E-state index is 0.430. The second-order valence-corrected chi connectivity index (χ2v) is 3.90. The molecule has 1 fully saturated rings. The fraction of sp³-hybridized carbons (Fsp3) is 0.600. The van der Waals surface area contributed by atoms with Crippen LogP contribution in [0.1, 0.15) is 19.8 Å². The largest absolute Gasteiger partial charge is 0.103 e. The minimum Gasteiger partial charge on any atom is -0.103 e. The van der Waals surface area contributed by atoms with E-state index >= 15 is 0 Å². The topological polar surface area (TPSA) is 0 Å². The zero-order valence-electron chi connectivity index (χ0n) is 6.51. The van der Waals surface area contributed by atoms with E-state index in [1.165, 1.54) is 12.8 Å². The summed E-state index contributed by atoms with van der Waals surface area (Å²) in [6, 6.07) is 0. The molecule has 54 valence electrons. The second kappa shape index (κ2) is 1.75. The van der Waals surface area contributed by atoms with Gasteiger partial charge in [0.2, 0.25) is 0 Å². The van der Waals surface area contributed by atoms with Crippen LogP contribution in [0.5, 0.6) is 0 Å². The van der Waals surface area contributed by atoms with E-state index in [0.29, 0.717) is 5.41 Å². The van der Waals surface area contributed by atoms with Crippen molar-refractivity contribution in [2.45, 2.75) is 19.8 Å². The first-order valence-corrected chi connectivity index (χ1v) is 4.06. The van der Waals surface area contributed by atoms with E-state index < -0.39 is 0 Å². The minimum absolute atomic E-state index is 0.430. The average molecular weight is 134 g/mol. The lowest BCUT2D eigenvalue weighted by Gasteiger charge is -2.26. The fourth-order valence-corrected chi connectivity index (χ4v) is 2.37. The van der Waals surface area contributed by atoms with Crippen LogP contribution < -0.4 is 0 Å². The number of hydrogen-bond donors (Lipinski definition) is 0. The molecule has 0 radical (unpaired) electrons. The molecule has 0 amide bonds. The van der Waals surface area contributed by atoms with Crippen LogP contribution >= 0.6 is 0 Å². The van der Waals surface area contributed by atoms with Crippen molar-refractivity contribution >= 4 is 0 Å². The predicted octanol–water partition coefficient (Wildman–Crippen LogP) is 2.77. The van der Waals surface area contributed by atoms with E-state index in [0.717, 1.165) is 11.8 Å². The lowest BCUT2D eigenvalue weighted by atomic mass is 9.78. The van der Waals surface area contributed by atoms with Crippen molar-refractivity contribution in [3.05, 3.63) is 24.8 Å².